The van der Waals surface area contributed by atoms with Crippen LogP contribution >= 0.6 is 0 Å². The van der Waals surface area contributed by atoms with Gasteiger partial charge in [0.25, 0.3) is 0 Å². The Labute approximate surface area is 72.3 Å². The Balaban J connectivity index is 2.22. The summed E-state index contributed by atoms with van der Waals surface area (Å²) in [6.07, 6.45) is 5.99. The molecule has 0 spiro atoms. The van der Waals surface area contributed by atoms with Crippen LogP contribution in [0.4, 0.5) is 0 Å². The van der Waals surface area contributed by atoms with E-state index in [1.165, 1.54) is 25.7 Å². The predicted octanol–water partition coefficient (Wildman–Crippen LogP) is 2.28. The highest BCUT2D eigenvalue weighted by Crippen LogP contribution is 2.31. The molecule has 66 valence electrons. The summed E-state index contributed by atoms with van der Waals surface area (Å²) in [5.74, 6) is 0. The molecule has 1 atom stereocenters. The number of hydrogen-bond donors (Lipinski definition) is 1. The minimum atomic E-state index is -0.562. The molecule has 0 aliphatic heterocycles. The Hall–Kier alpha value is 0.177. The molecule has 1 saturated carbocycles. The van der Waals surface area contributed by atoms with E-state index in [2.05, 4.69) is 25.4 Å². The van der Waals surface area contributed by atoms with E-state index < -0.39 is 8.96 Å². The third-order valence-electron chi connectivity index (χ3n) is 2.70. The topological polar surface area (TPSA) is 12.0 Å². The maximum absolute atomic E-state index is 3.72. The summed E-state index contributed by atoms with van der Waals surface area (Å²) in [5.41, 5.74) is 1.09. The van der Waals surface area contributed by atoms with Gasteiger partial charge in [0.15, 0.2) is 0 Å². The molecule has 11 heavy (non-hydrogen) atoms. The summed E-state index contributed by atoms with van der Waals surface area (Å²) in [5, 5.41) is 0. The van der Waals surface area contributed by atoms with E-state index >= 15 is 0 Å². The van der Waals surface area contributed by atoms with Gasteiger partial charge in [0.05, 0.1) is 0 Å². The van der Waals surface area contributed by atoms with E-state index in [1.807, 2.05) is 0 Å². The first-order chi connectivity index (χ1) is 5.20. The molecular weight excluding hydrogens is 150 g/mol. The van der Waals surface area contributed by atoms with Crippen LogP contribution in [0.3, 0.4) is 0 Å². The molecule has 0 radical (unpaired) electrons. The zero-order chi connectivity index (χ0) is 8.27. The normalized spacial score (nSPS) is 22.9. The third-order valence-corrected chi connectivity index (χ3v) is 5.98. The molecule has 2 heteroatoms. The lowest BCUT2D eigenvalue weighted by atomic mass is 10.4. The van der Waals surface area contributed by atoms with Crippen molar-refractivity contribution in [3.05, 3.63) is 0 Å². The maximum atomic E-state index is 3.72. The van der Waals surface area contributed by atoms with Crippen molar-refractivity contribution in [3.8, 4) is 0 Å². The van der Waals surface area contributed by atoms with Crippen LogP contribution in [-0.4, -0.2) is 15.0 Å². The van der Waals surface area contributed by atoms with E-state index in [1.54, 1.807) is 0 Å². The maximum Gasteiger partial charge on any atom is 0.109 e. The van der Waals surface area contributed by atoms with Crippen LogP contribution in [0.15, 0.2) is 0 Å². The van der Waals surface area contributed by atoms with Crippen LogP contribution in [-0.2, 0) is 0 Å². The molecule has 1 nitrogen and oxygen atoms in total. The Bertz CT molecular complexity index is 108. The zero-order valence-corrected chi connectivity index (χ0v) is 9.22. The van der Waals surface area contributed by atoms with Gasteiger partial charge in [0.1, 0.15) is 8.96 Å². The van der Waals surface area contributed by atoms with Gasteiger partial charge in [-0.25, -0.2) is 0 Å². The Morgan fingerprint density at radius 2 is 1.82 bits per heavy atom. The van der Waals surface area contributed by atoms with Gasteiger partial charge in [0.2, 0.25) is 0 Å². The minimum absolute atomic E-state index is 0.562. The lowest BCUT2D eigenvalue weighted by Crippen LogP contribution is -2.39. The van der Waals surface area contributed by atoms with E-state index in [9.17, 15) is 0 Å². The van der Waals surface area contributed by atoms with Crippen molar-refractivity contribution in [3.63, 3.8) is 0 Å². The average Bonchev–Trinajstić information content (AvgIpc) is 2.35. The second kappa shape index (κ2) is 4.26. The van der Waals surface area contributed by atoms with Crippen LogP contribution in [0, 0.1) is 0 Å². The predicted molar refractivity (Wildman–Crippen MR) is 53.5 cm³/mol. The standard InChI is InChI=1S/C9H21NSi/c1-8(2)10-11(3)9-6-4-5-7-9/h8-11H,4-7H2,1-3H3. The fourth-order valence-corrected chi connectivity index (χ4v) is 4.91. The number of nitrogens with one attached hydrogen (secondary N) is 1. The van der Waals surface area contributed by atoms with E-state index in [4.69, 9.17) is 0 Å². The molecule has 1 aliphatic rings. The molecule has 0 aromatic heterocycles. The van der Waals surface area contributed by atoms with Gasteiger partial charge in [-0.1, -0.05) is 46.1 Å². The highest BCUT2D eigenvalue weighted by atomic mass is 28.3. The van der Waals surface area contributed by atoms with Crippen LogP contribution in [0.1, 0.15) is 39.5 Å². The van der Waals surface area contributed by atoms with E-state index in [0.717, 1.165) is 5.54 Å². The van der Waals surface area contributed by atoms with Crippen molar-refractivity contribution >= 4 is 8.96 Å². The molecular formula is C9H21NSi. The summed E-state index contributed by atoms with van der Waals surface area (Å²) in [7, 11) is -0.562. The molecule has 0 bridgehead atoms. The third kappa shape index (κ3) is 2.95. The summed E-state index contributed by atoms with van der Waals surface area (Å²) in [4.78, 5) is 3.72. The summed E-state index contributed by atoms with van der Waals surface area (Å²) >= 11 is 0. The second-order valence-electron chi connectivity index (χ2n) is 4.15. The van der Waals surface area contributed by atoms with Crippen molar-refractivity contribution in [1.82, 2.24) is 4.98 Å². The number of rotatable bonds is 3. The molecule has 0 heterocycles. The Morgan fingerprint density at radius 3 is 2.27 bits per heavy atom. The molecule has 0 amide bonds. The quantitative estimate of drug-likeness (QED) is 0.642. The van der Waals surface area contributed by atoms with Crippen molar-refractivity contribution in [2.24, 2.45) is 0 Å². The fraction of sp³-hybridized carbons (Fsp3) is 1.00. The molecule has 0 aromatic rings. The van der Waals surface area contributed by atoms with Crippen LogP contribution in [0.25, 0.3) is 0 Å². The second-order valence-corrected chi connectivity index (χ2v) is 7.01. The molecule has 1 aliphatic carbocycles. The largest absolute Gasteiger partial charge is 0.337 e. The molecule has 1 fully saturated rings. The van der Waals surface area contributed by atoms with Gasteiger partial charge in [-0.2, -0.15) is 0 Å². The Morgan fingerprint density at radius 1 is 1.27 bits per heavy atom. The fourth-order valence-electron chi connectivity index (χ4n) is 2.12. The van der Waals surface area contributed by atoms with Gasteiger partial charge in [0, 0.05) is 0 Å². The van der Waals surface area contributed by atoms with E-state index in [0.29, 0.717) is 6.04 Å². The lowest BCUT2D eigenvalue weighted by molar-refractivity contribution is 0.713. The molecule has 0 saturated heterocycles. The SMILES string of the molecule is CC(C)N[SiH](C)C1CCCC1. The lowest BCUT2D eigenvalue weighted by Gasteiger charge is -2.20. The summed E-state index contributed by atoms with van der Waals surface area (Å²) in [6, 6.07) is 0.706. The smallest absolute Gasteiger partial charge is 0.109 e. The highest BCUT2D eigenvalue weighted by molar-refractivity contribution is 6.56. The highest BCUT2D eigenvalue weighted by Gasteiger charge is 2.22. The van der Waals surface area contributed by atoms with Crippen LogP contribution in [0.2, 0.25) is 12.1 Å². The first-order valence-corrected chi connectivity index (χ1v) is 7.36. The van der Waals surface area contributed by atoms with Gasteiger partial charge < -0.3 is 4.98 Å². The molecule has 1 rings (SSSR count). The minimum Gasteiger partial charge on any atom is -0.337 e. The first kappa shape index (κ1) is 9.27. The van der Waals surface area contributed by atoms with Gasteiger partial charge in [-0.15, -0.1) is 0 Å². The first-order valence-electron chi connectivity index (χ1n) is 4.96. The van der Waals surface area contributed by atoms with E-state index in [-0.39, 0.29) is 0 Å². The Kier molecular flexibility index (Phi) is 3.59. The van der Waals surface area contributed by atoms with Crippen molar-refractivity contribution in [1.29, 1.82) is 0 Å². The van der Waals surface area contributed by atoms with Crippen molar-refractivity contribution < 1.29 is 0 Å². The summed E-state index contributed by atoms with van der Waals surface area (Å²) < 4.78 is 0. The van der Waals surface area contributed by atoms with Crippen LogP contribution < -0.4 is 4.98 Å². The molecule has 0 aromatic carbocycles. The average molecular weight is 171 g/mol. The van der Waals surface area contributed by atoms with Gasteiger partial charge in [-0.3, -0.25) is 0 Å². The molecule has 1 unspecified atom stereocenters. The monoisotopic (exact) mass is 171 g/mol. The number of hydrogen-bond acceptors (Lipinski definition) is 1. The van der Waals surface area contributed by atoms with Gasteiger partial charge >= 0.3 is 0 Å². The van der Waals surface area contributed by atoms with Crippen molar-refractivity contribution in [2.45, 2.75) is 57.7 Å². The van der Waals surface area contributed by atoms with Crippen LogP contribution in [0.5, 0.6) is 0 Å². The molecule has 1 N–H and O–H groups in total. The van der Waals surface area contributed by atoms with Crippen molar-refractivity contribution in [2.75, 3.05) is 0 Å². The van der Waals surface area contributed by atoms with Gasteiger partial charge in [-0.05, 0) is 11.6 Å². The summed E-state index contributed by atoms with van der Waals surface area (Å²) in [6.45, 7) is 6.99. The zero-order valence-electron chi connectivity index (χ0n) is 8.06.